The van der Waals surface area contributed by atoms with Gasteiger partial charge in [0, 0.05) is 48.2 Å². The van der Waals surface area contributed by atoms with Crippen molar-refractivity contribution in [1.29, 1.82) is 0 Å². The van der Waals surface area contributed by atoms with Crippen LogP contribution in [0.3, 0.4) is 0 Å². The predicted octanol–water partition coefficient (Wildman–Crippen LogP) is -0.376. The molecule has 0 bridgehead atoms. The number of hydrogen-bond acceptors (Lipinski definition) is 2. The van der Waals surface area contributed by atoms with Crippen molar-refractivity contribution in [1.82, 2.24) is 9.80 Å². The lowest BCUT2D eigenvalue weighted by atomic mass is 10.1. The van der Waals surface area contributed by atoms with E-state index < -0.39 is 0 Å². The molecule has 0 unspecified atom stereocenters. The summed E-state index contributed by atoms with van der Waals surface area (Å²) < 4.78 is 4.83. The Hall–Kier alpha value is -0.320. The first-order chi connectivity index (χ1) is 16.7. The summed E-state index contributed by atoms with van der Waals surface area (Å²) in [6.45, 7) is 4.81. The van der Waals surface area contributed by atoms with Crippen molar-refractivity contribution in [3.05, 3.63) is 60.2 Å². The molecule has 0 radical (unpaired) electrons. The number of halogens is 2. The van der Waals surface area contributed by atoms with Gasteiger partial charge in [0.15, 0.2) is 24.8 Å². The molecule has 0 N–H and O–H groups in total. The van der Waals surface area contributed by atoms with Crippen molar-refractivity contribution in [3.63, 3.8) is 0 Å². The molecule has 4 nitrogen and oxygen atoms in total. The fourth-order valence-electron chi connectivity index (χ4n) is 6.07. The fourth-order valence-corrected chi connectivity index (χ4v) is 6.07. The molecule has 2 aromatic rings. The highest BCUT2D eigenvalue weighted by Gasteiger charge is 2.25. The second kappa shape index (κ2) is 17.3. The van der Waals surface area contributed by atoms with Crippen molar-refractivity contribution < 1.29 is 57.1 Å². The number of rotatable bonds is 13. The van der Waals surface area contributed by atoms with E-state index in [-0.39, 0.29) is 48.0 Å². The van der Waals surface area contributed by atoms with Crippen LogP contribution in [0.2, 0.25) is 0 Å². The molecule has 4 heterocycles. The number of aromatic nitrogens is 2. The zero-order chi connectivity index (χ0) is 23.6. The van der Waals surface area contributed by atoms with Gasteiger partial charge in [-0.3, -0.25) is 9.80 Å². The summed E-state index contributed by atoms with van der Waals surface area (Å²) in [6, 6.07) is 10.4. The monoisotopic (exact) mass is 718 g/mol. The summed E-state index contributed by atoms with van der Waals surface area (Å²) in [7, 11) is 4.53. The van der Waals surface area contributed by atoms with E-state index >= 15 is 0 Å². The highest BCUT2D eigenvalue weighted by molar-refractivity contribution is 5.13. The average Bonchev–Trinajstić information content (AvgIpc) is 3.48. The Balaban J connectivity index is 0.00000228. The molecule has 0 saturated carbocycles. The molecule has 0 aliphatic carbocycles. The summed E-state index contributed by atoms with van der Waals surface area (Å²) in [6.07, 6.45) is 25.5. The lowest BCUT2D eigenvalue weighted by Gasteiger charge is -2.18. The third kappa shape index (κ3) is 9.77. The van der Waals surface area contributed by atoms with Crippen LogP contribution in [0.15, 0.2) is 49.1 Å². The van der Waals surface area contributed by atoms with Gasteiger partial charge in [-0.2, -0.15) is 0 Å². The second-order valence-electron chi connectivity index (χ2n) is 10.9. The molecule has 202 valence electrons. The Labute approximate surface area is 254 Å². The number of pyridine rings is 2. The Bertz CT molecular complexity index is 806. The van der Waals surface area contributed by atoms with E-state index in [1.807, 2.05) is 0 Å². The summed E-state index contributed by atoms with van der Waals surface area (Å²) in [4.78, 5) is 5.01. The van der Waals surface area contributed by atoms with Gasteiger partial charge in [-0.25, -0.2) is 9.13 Å². The van der Waals surface area contributed by atoms with Gasteiger partial charge >= 0.3 is 0 Å². The van der Waals surface area contributed by atoms with E-state index in [2.05, 4.69) is 82.1 Å². The third-order valence-electron chi connectivity index (χ3n) is 8.16. The quantitative estimate of drug-likeness (QED) is 0.160. The third-order valence-corrected chi connectivity index (χ3v) is 8.16. The van der Waals surface area contributed by atoms with Gasteiger partial charge in [0.25, 0.3) is 0 Å². The van der Waals surface area contributed by atoms with Gasteiger partial charge in [0.2, 0.25) is 0 Å². The van der Waals surface area contributed by atoms with Crippen molar-refractivity contribution in [2.45, 2.75) is 102 Å². The highest BCUT2D eigenvalue weighted by atomic mass is 127. The van der Waals surface area contributed by atoms with Gasteiger partial charge < -0.3 is 48.0 Å². The molecule has 2 atom stereocenters. The van der Waals surface area contributed by atoms with Gasteiger partial charge in [0.1, 0.15) is 13.1 Å². The van der Waals surface area contributed by atoms with Crippen LogP contribution in [-0.2, 0) is 13.1 Å². The molecule has 0 aromatic carbocycles. The molecule has 0 spiro atoms. The van der Waals surface area contributed by atoms with Crippen molar-refractivity contribution in [3.8, 4) is 0 Å². The largest absolute Gasteiger partial charge is 1.00 e. The lowest BCUT2D eigenvalue weighted by molar-refractivity contribution is -0.698. The Morgan fingerprint density at radius 2 is 1.03 bits per heavy atom. The van der Waals surface area contributed by atoms with E-state index in [1.165, 1.54) is 101 Å². The van der Waals surface area contributed by atoms with E-state index in [0.29, 0.717) is 12.1 Å². The average molecular weight is 719 g/mol. The van der Waals surface area contributed by atoms with Crippen molar-refractivity contribution in [2.24, 2.45) is 0 Å². The molecular weight excluding hydrogens is 670 g/mol. The number of likely N-dealkylation sites (tertiary alicyclic amines) is 2. The van der Waals surface area contributed by atoms with Crippen LogP contribution in [0.4, 0.5) is 0 Å². The molecule has 6 heteroatoms. The first-order valence-electron chi connectivity index (χ1n) is 14.1. The standard InChI is InChI=1S/C30H48N4.2HI/c1-31-19-13-17-29(31)27-15-11-23-33(25-27)21-9-7-5-3-4-6-8-10-22-34-24-12-16-28(26-34)30-18-14-20-32(30)2;;/h11-12,15-16,23-26,29-30H,3-10,13-14,17-22H2,1-2H3;2*1H/q+2;;/p-2/t29-,30-;;/m0../s1. The molecule has 2 saturated heterocycles. The molecule has 36 heavy (non-hydrogen) atoms. The first-order valence-corrected chi connectivity index (χ1v) is 14.1. The Kier molecular flexibility index (Phi) is 15.3. The maximum absolute atomic E-state index is 2.50. The maximum atomic E-state index is 2.50. The van der Waals surface area contributed by atoms with Crippen LogP contribution in [0.1, 0.15) is 100 Å². The minimum absolute atomic E-state index is 0. The molecule has 2 aromatic heterocycles. The van der Waals surface area contributed by atoms with Gasteiger partial charge in [-0.1, -0.05) is 25.7 Å². The van der Waals surface area contributed by atoms with Crippen LogP contribution < -0.4 is 57.1 Å². The molecule has 4 rings (SSSR count). The summed E-state index contributed by atoms with van der Waals surface area (Å²) in [5.74, 6) is 0. The minimum atomic E-state index is 0. The van der Waals surface area contributed by atoms with E-state index in [9.17, 15) is 0 Å². The smallest absolute Gasteiger partial charge is 0.173 e. The molecule has 2 fully saturated rings. The van der Waals surface area contributed by atoms with Crippen LogP contribution in [0, 0.1) is 0 Å². The van der Waals surface area contributed by atoms with Crippen LogP contribution in [0.5, 0.6) is 0 Å². The van der Waals surface area contributed by atoms with Gasteiger partial charge in [-0.05, 0) is 77.8 Å². The normalized spacial score (nSPS) is 20.3. The zero-order valence-corrected chi connectivity index (χ0v) is 26.9. The Morgan fingerprint density at radius 3 is 1.39 bits per heavy atom. The summed E-state index contributed by atoms with van der Waals surface area (Å²) >= 11 is 0. The number of nitrogens with zero attached hydrogens (tertiary/aromatic N) is 4. The number of aryl methyl sites for hydroxylation is 2. The van der Waals surface area contributed by atoms with Crippen LogP contribution in [0.25, 0.3) is 0 Å². The summed E-state index contributed by atoms with van der Waals surface area (Å²) in [5, 5.41) is 0. The van der Waals surface area contributed by atoms with E-state index in [1.54, 1.807) is 0 Å². The zero-order valence-electron chi connectivity index (χ0n) is 22.6. The van der Waals surface area contributed by atoms with Crippen LogP contribution in [-0.4, -0.2) is 37.0 Å². The van der Waals surface area contributed by atoms with Crippen LogP contribution >= 0.6 is 0 Å². The first kappa shape index (κ1) is 31.9. The highest BCUT2D eigenvalue weighted by Crippen LogP contribution is 2.30. The molecule has 0 amide bonds. The molecule has 2 aliphatic heterocycles. The SMILES string of the molecule is CN1CCC[C@H]1c1ccc[n+](CCCCCCCCCC[n+]2cccc([C@@H]3CCCN3C)c2)c1.[I-].[I-]. The Morgan fingerprint density at radius 1 is 0.639 bits per heavy atom. The van der Waals surface area contributed by atoms with Gasteiger partial charge in [0.05, 0.1) is 0 Å². The van der Waals surface area contributed by atoms with Crippen molar-refractivity contribution >= 4 is 0 Å². The van der Waals surface area contributed by atoms with E-state index in [0.717, 1.165) is 13.1 Å². The maximum Gasteiger partial charge on any atom is 0.173 e. The summed E-state index contributed by atoms with van der Waals surface area (Å²) in [5.41, 5.74) is 3.00. The predicted molar refractivity (Wildman–Crippen MR) is 139 cm³/mol. The fraction of sp³-hybridized carbons (Fsp3) is 0.667. The number of unbranched alkanes of at least 4 members (excludes halogenated alkanes) is 7. The minimum Gasteiger partial charge on any atom is -1.00 e. The second-order valence-corrected chi connectivity index (χ2v) is 10.9. The van der Waals surface area contributed by atoms with Crippen molar-refractivity contribution in [2.75, 3.05) is 27.2 Å². The van der Waals surface area contributed by atoms with Gasteiger partial charge in [-0.15, -0.1) is 0 Å². The van der Waals surface area contributed by atoms with E-state index in [4.69, 9.17) is 0 Å². The topological polar surface area (TPSA) is 14.2 Å². The molecular formula is C30H48I2N4. The molecule has 2 aliphatic rings. The number of hydrogen-bond donors (Lipinski definition) is 0. The lowest BCUT2D eigenvalue weighted by Crippen LogP contribution is -3.00.